The predicted octanol–water partition coefficient (Wildman–Crippen LogP) is 3.73. The molecule has 2 aromatic rings. The first-order valence-corrected chi connectivity index (χ1v) is 11.5. The second-order valence-corrected chi connectivity index (χ2v) is 9.33. The van der Waals surface area contributed by atoms with E-state index in [0.717, 1.165) is 11.8 Å². The van der Waals surface area contributed by atoms with Gasteiger partial charge in [0, 0.05) is 7.05 Å². The SMILES string of the molecule is CC[C@@H](Oc1ccc(N(C)S(C)(=O)=O)cc1)C(=O)N[C@H](C)c1ccc(C)c(C)c1. The summed E-state index contributed by atoms with van der Waals surface area (Å²) in [5.74, 6) is 0.326. The predicted molar refractivity (Wildman–Crippen MR) is 117 cm³/mol. The van der Waals surface area contributed by atoms with Crippen LogP contribution < -0.4 is 14.4 Å². The molecule has 0 fully saturated rings. The van der Waals surface area contributed by atoms with E-state index in [9.17, 15) is 13.2 Å². The molecule has 0 radical (unpaired) electrons. The molecule has 0 bridgehead atoms. The van der Waals surface area contributed by atoms with Crippen LogP contribution in [-0.2, 0) is 14.8 Å². The van der Waals surface area contributed by atoms with Gasteiger partial charge in [0.25, 0.3) is 5.91 Å². The molecule has 0 aliphatic carbocycles. The van der Waals surface area contributed by atoms with Crippen LogP contribution in [0.2, 0.25) is 0 Å². The minimum atomic E-state index is -3.33. The van der Waals surface area contributed by atoms with Crippen molar-refractivity contribution >= 4 is 21.6 Å². The van der Waals surface area contributed by atoms with Gasteiger partial charge in [-0.3, -0.25) is 9.10 Å². The van der Waals surface area contributed by atoms with Crippen molar-refractivity contribution in [3.05, 3.63) is 59.2 Å². The van der Waals surface area contributed by atoms with Gasteiger partial charge in [0.2, 0.25) is 10.0 Å². The van der Waals surface area contributed by atoms with Crippen LogP contribution in [0.5, 0.6) is 5.75 Å². The van der Waals surface area contributed by atoms with E-state index < -0.39 is 16.1 Å². The fourth-order valence-electron chi connectivity index (χ4n) is 2.84. The minimum Gasteiger partial charge on any atom is -0.481 e. The van der Waals surface area contributed by atoms with Gasteiger partial charge >= 0.3 is 0 Å². The fraction of sp³-hybridized carbons (Fsp3) is 0.409. The molecule has 2 rings (SSSR count). The van der Waals surface area contributed by atoms with Gasteiger partial charge in [-0.2, -0.15) is 0 Å². The zero-order valence-corrected chi connectivity index (χ0v) is 18.7. The van der Waals surface area contributed by atoms with Crippen molar-refractivity contribution in [3.63, 3.8) is 0 Å². The maximum Gasteiger partial charge on any atom is 0.261 e. The number of rotatable bonds is 8. The largest absolute Gasteiger partial charge is 0.481 e. The Morgan fingerprint density at radius 2 is 1.72 bits per heavy atom. The van der Waals surface area contributed by atoms with Crippen LogP contribution in [0, 0.1) is 13.8 Å². The van der Waals surface area contributed by atoms with Gasteiger partial charge in [-0.25, -0.2) is 8.42 Å². The summed E-state index contributed by atoms with van der Waals surface area (Å²) in [5, 5.41) is 3.01. The van der Waals surface area contributed by atoms with E-state index in [-0.39, 0.29) is 11.9 Å². The van der Waals surface area contributed by atoms with E-state index >= 15 is 0 Å². The molecule has 0 spiro atoms. The van der Waals surface area contributed by atoms with E-state index in [1.165, 1.54) is 22.5 Å². The third-order valence-corrected chi connectivity index (χ3v) is 6.23. The van der Waals surface area contributed by atoms with E-state index in [0.29, 0.717) is 17.9 Å². The highest BCUT2D eigenvalue weighted by Gasteiger charge is 2.21. The summed E-state index contributed by atoms with van der Waals surface area (Å²) in [7, 11) is -1.84. The van der Waals surface area contributed by atoms with Gasteiger partial charge in [0.05, 0.1) is 18.0 Å². The van der Waals surface area contributed by atoms with Gasteiger partial charge in [0.1, 0.15) is 5.75 Å². The maximum absolute atomic E-state index is 12.7. The lowest BCUT2D eigenvalue weighted by molar-refractivity contribution is -0.128. The second kappa shape index (κ2) is 9.31. The quantitative estimate of drug-likeness (QED) is 0.709. The van der Waals surface area contributed by atoms with Crippen molar-refractivity contribution < 1.29 is 17.9 Å². The highest BCUT2D eigenvalue weighted by atomic mass is 32.2. The summed E-state index contributed by atoms with van der Waals surface area (Å²) >= 11 is 0. The number of anilines is 1. The molecular weight excluding hydrogens is 388 g/mol. The van der Waals surface area contributed by atoms with Crippen molar-refractivity contribution in [3.8, 4) is 5.75 Å². The molecule has 0 aromatic heterocycles. The number of carbonyl (C=O) groups excluding carboxylic acids is 1. The molecule has 0 aliphatic rings. The third kappa shape index (κ3) is 5.97. The lowest BCUT2D eigenvalue weighted by Gasteiger charge is -2.22. The Kier molecular flexibility index (Phi) is 7.30. The molecule has 0 aliphatic heterocycles. The van der Waals surface area contributed by atoms with Crippen LogP contribution in [0.25, 0.3) is 0 Å². The number of hydrogen-bond acceptors (Lipinski definition) is 4. The zero-order valence-electron chi connectivity index (χ0n) is 17.9. The molecule has 0 heterocycles. The molecule has 29 heavy (non-hydrogen) atoms. The molecule has 158 valence electrons. The Balaban J connectivity index is 2.05. The number of sulfonamides is 1. The van der Waals surface area contributed by atoms with Crippen molar-refractivity contribution in [1.82, 2.24) is 5.32 Å². The van der Waals surface area contributed by atoms with Crippen LogP contribution in [-0.4, -0.2) is 33.7 Å². The maximum atomic E-state index is 12.7. The molecule has 0 unspecified atom stereocenters. The summed E-state index contributed by atoms with van der Waals surface area (Å²) in [6, 6.07) is 12.7. The van der Waals surface area contributed by atoms with Crippen LogP contribution in [0.3, 0.4) is 0 Å². The van der Waals surface area contributed by atoms with E-state index in [4.69, 9.17) is 4.74 Å². The summed E-state index contributed by atoms with van der Waals surface area (Å²) in [6.45, 7) is 7.94. The lowest BCUT2D eigenvalue weighted by Crippen LogP contribution is -2.39. The third-order valence-electron chi connectivity index (χ3n) is 5.03. The Morgan fingerprint density at radius 3 is 2.24 bits per heavy atom. The molecule has 2 aromatic carbocycles. The Morgan fingerprint density at radius 1 is 1.10 bits per heavy atom. The minimum absolute atomic E-state index is 0.134. The average Bonchev–Trinajstić information content (AvgIpc) is 2.67. The van der Waals surface area contributed by atoms with E-state index in [1.807, 2.05) is 19.9 Å². The first-order chi connectivity index (χ1) is 13.5. The molecule has 0 saturated heterocycles. The molecule has 7 heteroatoms. The number of benzene rings is 2. The second-order valence-electron chi connectivity index (χ2n) is 7.31. The fourth-order valence-corrected chi connectivity index (χ4v) is 3.34. The number of hydrogen-bond donors (Lipinski definition) is 1. The Labute approximate surface area is 173 Å². The lowest BCUT2D eigenvalue weighted by atomic mass is 10.0. The smallest absolute Gasteiger partial charge is 0.261 e. The van der Waals surface area contributed by atoms with Crippen molar-refractivity contribution in [2.45, 2.75) is 46.3 Å². The van der Waals surface area contributed by atoms with Gasteiger partial charge in [-0.15, -0.1) is 0 Å². The molecule has 1 N–H and O–H groups in total. The van der Waals surface area contributed by atoms with Crippen LogP contribution in [0.1, 0.15) is 43.0 Å². The standard InChI is InChI=1S/C22H30N2O4S/c1-7-21(22(25)23-17(4)18-9-8-15(2)16(3)14-18)28-20-12-10-19(11-13-20)24(5)29(6,26)27/h8-14,17,21H,7H2,1-6H3,(H,23,25)/t17-,21-/m1/s1. The summed E-state index contributed by atoms with van der Waals surface area (Å²) in [5.41, 5.74) is 3.98. The van der Waals surface area contributed by atoms with Crippen molar-refractivity contribution in [2.24, 2.45) is 0 Å². The molecule has 1 amide bonds. The summed E-state index contributed by atoms with van der Waals surface area (Å²) < 4.78 is 30.3. The van der Waals surface area contributed by atoms with E-state index in [2.05, 4.69) is 31.3 Å². The van der Waals surface area contributed by atoms with Crippen LogP contribution in [0.15, 0.2) is 42.5 Å². The molecule has 6 nitrogen and oxygen atoms in total. The number of ether oxygens (including phenoxy) is 1. The number of nitrogens with one attached hydrogen (secondary N) is 1. The Bertz CT molecular complexity index is 955. The van der Waals surface area contributed by atoms with Crippen molar-refractivity contribution in [1.29, 1.82) is 0 Å². The molecular formula is C22H30N2O4S. The summed E-state index contributed by atoms with van der Waals surface area (Å²) in [4.78, 5) is 12.7. The highest BCUT2D eigenvalue weighted by Crippen LogP contribution is 2.22. The number of aryl methyl sites for hydroxylation is 2. The first-order valence-electron chi connectivity index (χ1n) is 9.61. The van der Waals surface area contributed by atoms with Gasteiger partial charge in [0.15, 0.2) is 6.10 Å². The monoisotopic (exact) mass is 418 g/mol. The zero-order chi connectivity index (χ0) is 21.8. The number of carbonyl (C=O) groups is 1. The number of nitrogens with zero attached hydrogens (tertiary/aromatic N) is 1. The molecule has 0 saturated carbocycles. The number of amides is 1. The van der Waals surface area contributed by atoms with E-state index in [1.54, 1.807) is 24.3 Å². The Hall–Kier alpha value is -2.54. The van der Waals surface area contributed by atoms with Gasteiger partial charge in [-0.05, 0) is 68.1 Å². The van der Waals surface area contributed by atoms with Crippen LogP contribution in [0.4, 0.5) is 5.69 Å². The average molecular weight is 419 g/mol. The normalized spacial score (nSPS) is 13.4. The van der Waals surface area contributed by atoms with Gasteiger partial charge in [-0.1, -0.05) is 25.1 Å². The van der Waals surface area contributed by atoms with Crippen molar-refractivity contribution in [2.75, 3.05) is 17.6 Å². The molecule has 2 atom stereocenters. The summed E-state index contributed by atoms with van der Waals surface area (Å²) in [6.07, 6.45) is 1.02. The highest BCUT2D eigenvalue weighted by molar-refractivity contribution is 7.92. The van der Waals surface area contributed by atoms with Gasteiger partial charge < -0.3 is 10.1 Å². The topological polar surface area (TPSA) is 75.7 Å². The van der Waals surface area contributed by atoms with Crippen LogP contribution >= 0.6 is 0 Å². The first kappa shape index (κ1) is 22.7.